The molecule has 1 aliphatic rings. The Kier molecular flexibility index (Phi) is 2.94. The first-order valence-electron chi connectivity index (χ1n) is 6.55. The molecule has 2 aromatic rings. The summed E-state index contributed by atoms with van der Waals surface area (Å²) in [5.41, 5.74) is 3.71. The van der Waals surface area contributed by atoms with Crippen molar-refractivity contribution in [2.24, 2.45) is 0 Å². The van der Waals surface area contributed by atoms with Crippen molar-refractivity contribution >= 4 is 5.78 Å². The van der Waals surface area contributed by atoms with Crippen LogP contribution >= 0.6 is 0 Å². The van der Waals surface area contributed by atoms with Crippen molar-refractivity contribution in [2.45, 2.75) is 25.7 Å². The van der Waals surface area contributed by atoms with E-state index in [1.165, 1.54) is 17.7 Å². The number of ketones is 1. The van der Waals surface area contributed by atoms with Gasteiger partial charge in [0.05, 0.1) is 0 Å². The second kappa shape index (κ2) is 4.61. The van der Waals surface area contributed by atoms with Gasteiger partial charge in [0.15, 0.2) is 5.78 Å². The van der Waals surface area contributed by atoms with Crippen LogP contribution in [0, 0.1) is 12.7 Å². The summed E-state index contributed by atoms with van der Waals surface area (Å²) in [7, 11) is 0. The minimum Gasteiger partial charge on any atom is -0.293 e. The number of benzene rings is 2. The molecule has 1 atom stereocenters. The zero-order chi connectivity index (χ0) is 13.4. The van der Waals surface area contributed by atoms with Gasteiger partial charge >= 0.3 is 0 Å². The van der Waals surface area contributed by atoms with E-state index in [0.29, 0.717) is 5.56 Å². The fraction of sp³-hybridized carbons (Fsp3) is 0.235. The summed E-state index contributed by atoms with van der Waals surface area (Å²) in [4.78, 5) is 12.6. The molecule has 3 rings (SSSR count). The van der Waals surface area contributed by atoms with Crippen molar-refractivity contribution in [3.63, 3.8) is 0 Å². The van der Waals surface area contributed by atoms with Gasteiger partial charge in [-0.15, -0.1) is 0 Å². The number of carbonyl (C=O) groups is 1. The summed E-state index contributed by atoms with van der Waals surface area (Å²) in [5.74, 6) is -0.418. The zero-order valence-electron chi connectivity index (χ0n) is 10.8. The highest BCUT2D eigenvalue weighted by Crippen LogP contribution is 2.35. The summed E-state index contributed by atoms with van der Waals surface area (Å²) < 4.78 is 13.3. The third-order valence-corrected chi connectivity index (χ3v) is 3.91. The maximum absolute atomic E-state index is 13.3. The van der Waals surface area contributed by atoms with Gasteiger partial charge in [-0.2, -0.15) is 0 Å². The van der Waals surface area contributed by atoms with Crippen LogP contribution < -0.4 is 0 Å². The van der Waals surface area contributed by atoms with E-state index in [4.69, 9.17) is 0 Å². The van der Waals surface area contributed by atoms with E-state index in [1.807, 2.05) is 25.1 Å². The molecule has 0 aliphatic heterocycles. The molecular formula is C17H15FO. The summed E-state index contributed by atoms with van der Waals surface area (Å²) in [6, 6.07) is 12.5. The van der Waals surface area contributed by atoms with Gasteiger partial charge in [-0.1, -0.05) is 30.3 Å². The number of Topliss-reactive ketones (excluding diaryl/α,β-unsaturated/α-hetero) is 1. The first-order valence-corrected chi connectivity index (χ1v) is 6.55. The number of hydrogen-bond acceptors (Lipinski definition) is 1. The van der Waals surface area contributed by atoms with Crippen LogP contribution in [0.2, 0.25) is 0 Å². The number of aryl methyl sites for hydroxylation is 2. The summed E-state index contributed by atoms with van der Waals surface area (Å²) in [6.07, 6.45) is 1.76. The summed E-state index contributed by atoms with van der Waals surface area (Å²) >= 11 is 0. The highest BCUT2D eigenvalue weighted by atomic mass is 19.1. The van der Waals surface area contributed by atoms with E-state index in [-0.39, 0.29) is 17.5 Å². The largest absolute Gasteiger partial charge is 0.293 e. The molecular weight excluding hydrogens is 239 g/mol. The number of hydrogen-bond donors (Lipinski definition) is 0. The molecule has 0 heterocycles. The van der Waals surface area contributed by atoms with E-state index in [0.717, 1.165) is 24.0 Å². The van der Waals surface area contributed by atoms with E-state index in [1.54, 1.807) is 6.07 Å². The van der Waals surface area contributed by atoms with Gasteiger partial charge in [0.2, 0.25) is 0 Å². The Morgan fingerprint density at radius 3 is 2.84 bits per heavy atom. The molecule has 1 nitrogen and oxygen atoms in total. The number of rotatable bonds is 2. The van der Waals surface area contributed by atoms with Gasteiger partial charge in [0, 0.05) is 11.5 Å². The Morgan fingerprint density at radius 1 is 1.21 bits per heavy atom. The van der Waals surface area contributed by atoms with Gasteiger partial charge in [-0.05, 0) is 48.6 Å². The monoisotopic (exact) mass is 254 g/mol. The average molecular weight is 254 g/mol. The molecule has 1 aliphatic carbocycles. The Bertz CT molecular complexity index is 645. The lowest BCUT2D eigenvalue weighted by Crippen LogP contribution is -2.12. The number of halogens is 1. The number of fused-ring (bicyclic) bond motifs is 1. The quantitative estimate of drug-likeness (QED) is 0.739. The number of carbonyl (C=O) groups excluding carboxylic acids is 1. The van der Waals surface area contributed by atoms with Crippen LogP contribution in [0.3, 0.4) is 0 Å². The Labute approximate surface area is 112 Å². The van der Waals surface area contributed by atoms with E-state index in [9.17, 15) is 9.18 Å². The maximum atomic E-state index is 13.3. The first-order chi connectivity index (χ1) is 9.16. The normalized spacial score (nSPS) is 17.3. The Hall–Kier alpha value is -1.96. The molecule has 1 unspecified atom stereocenters. The molecule has 2 aromatic carbocycles. The van der Waals surface area contributed by atoms with Crippen LogP contribution in [-0.4, -0.2) is 5.78 Å². The molecule has 0 saturated carbocycles. The van der Waals surface area contributed by atoms with Gasteiger partial charge in [-0.25, -0.2) is 4.39 Å². The topological polar surface area (TPSA) is 17.1 Å². The molecule has 96 valence electrons. The predicted molar refractivity (Wildman–Crippen MR) is 73.0 cm³/mol. The van der Waals surface area contributed by atoms with Crippen molar-refractivity contribution in [2.75, 3.05) is 0 Å². The van der Waals surface area contributed by atoms with Crippen LogP contribution in [0.1, 0.15) is 39.4 Å². The maximum Gasteiger partial charge on any atom is 0.170 e. The van der Waals surface area contributed by atoms with Gasteiger partial charge in [-0.3, -0.25) is 4.79 Å². The fourth-order valence-electron chi connectivity index (χ4n) is 2.88. The molecule has 0 radical (unpaired) electrons. The molecule has 0 fully saturated rings. The van der Waals surface area contributed by atoms with Crippen molar-refractivity contribution in [3.05, 3.63) is 70.5 Å². The van der Waals surface area contributed by atoms with E-state index in [2.05, 4.69) is 6.07 Å². The molecule has 0 bridgehead atoms. The SMILES string of the molecule is Cc1ccc(F)cc1C(=O)C1CCc2ccccc21. The molecule has 0 aromatic heterocycles. The molecule has 0 amide bonds. The first kappa shape index (κ1) is 12.1. The second-order valence-corrected chi connectivity index (χ2v) is 5.11. The fourth-order valence-corrected chi connectivity index (χ4v) is 2.88. The highest BCUT2D eigenvalue weighted by Gasteiger charge is 2.29. The van der Waals surface area contributed by atoms with Crippen LogP contribution in [0.15, 0.2) is 42.5 Å². The highest BCUT2D eigenvalue weighted by molar-refractivity contribution is 6.02. The molecule has 0 saturated heterocycles. The standard InChI is InChI=1S/C17H15FO/c1-11-6-8-13(18)10-16(11)17(19)15-9-7-12-4-2-3-5-14(12)15/h2-6,8,10,15H,7,9H2,1H3. The van der Waals surface area contributed by atoms with Crippen LogP contribution in [0.5, 0.6) is 0 Å². The molecule has 19 heavy (non-hydrogen) atoms. The van der Waals surface area contributed by atoms with E-state index < -0.39 is 0 Å². The summed E-state index contributed by atoms with van der Waals surface area (Å²) in [6.45, 7) is 1.85. The lowest BCUT2D eigenvalue weighted by atomic mass is 9.90. The third-order valence-electron chi connectivity index (χ3n) is 3.91. The summed E-state index contributed by atoms with van der Waals surface area (Å²) in [5, 5.41) is 0. The lowest BCUT2D eigenvalue weighted by molar-refractivity contribution is 0.0958. The van der Waals surface area contributed by atoms with Crippen LogP contribution in [0.25, 0.3) is 0 Å². The van der Waals surface area contributed by atoms with Crippen molar-refractivity contribution < 1.29 is 9.18 Å². The zero-order valence-corrected chi connectivity index (χ0v) is 10.8. The van der Waals surface area contributed by atoms with Gasteiger partial charge < -0.3 is 0 Å². The third kappa shape index (κ3) is 2.07. The average Bonchev–Trinajstić information content (AvgIpc) is 2.84. The van der Waals surface area contributed by atoms with Crippen LogP contribution in [-0.2, 0) is 6.42 Å². The van der Waals surface area contributed by atoms with Crippen molar-refractivity contribution in [3.8, 4) is 0 Å². The van der Waals surface area contributed by atoms with Gasteiger partial charge in [0.1, 0.15) is 5.82 Å². The molecule has 2 heteroatoms. The Balaban J connectivity index is 2.00. The van der Waals surface area contributed by atoms with Crippen molar-refractivity contribution in [1.82, 2.24) is 0 Å². The smallest absolute Gasteiger partial charge is 0.170 e. The lowest BCUT2D eigenvalue weighted by Gasteiger charge is -2.12. The molecule has 0 spiro atoms. The van der Waals surface area contributed by atoms with E-state index >= 15 is 0 Å². The predicted octanol–water partition coefficient (Wildman–Crippen LogP) is 4.05. The van der Waals surface area contributed by atoms with Crippen LogP contribution in [0.4, 0.5) is 4.39 Å². The molecule has 0 N–H and O–H groups in total. The minimum atomic E-state index is -0.347. The van der Waals surface area contributed by atoms with Crippen molar-refractivity contribution in [1.29, 1.82) is 0 Å². The minimum absolute atomic E-state index is 0.0435. The second-order valence-electron chi connectivity index (χ2n) is 5.11. The Morgan fingerprint density at radius 2 is 2.00 bits per heavy atom. The van der Waals surface area contributed by atoms with Gasteiger partial charge in [0.25, 0.3) is 0 Å².